The highest BCUT2D eigenvalue weighted by Crippen LogP contribution is 2.21. The van der Waals surface area contributed by atoms with Gasteiger partial charge in [-0.2, -0.15) is 4.37 Å². The Morgan fingerprint density at radius 2 is 2.41 bits per heavy atom. The van der Waals surface area contributed by atoms with E-state index in [1.54, 1.807) is 0 Å². The maximum absolute atomic E-state index is 5.54. The molecule has 2 heterocycles. The first kappa shape index (κ1) is 12.7. The van der Waals surface area contributed by atoms with E-state index in [1.807, 2.05) is 0 Å². The van der Waals surface area contributed by atoms with Crippen molar-refractivity contribution < 1.29 is 4.74 Å². The molecule has 1 atom stereocenters. The fraction of sp³-hybridized carbons (Fsp3) is 0.818. The zero-order valence-corrected chi connectivity index (χ0v) is 11.3. The van der Waals surface area contributed by atoms with Crippen molar-refractivity contribution in [1.82, 2.24) is 14.7 Å². The minimum absolute atomic E-state index is 0.376. The predicted molar refractivity (Wildman–Crippen MR) is 69.8 cm³/mol. The monoisotopic (exact) mass is 256 g/mol. The number of hydrogen-bond acceptors (Lipinski definition) is 6. The lowest BCUT2D eigenvalue weighted by molar-refractivity contribution is 0.0939. The molecule has 0 spiro atoms. The Kier molecular flexibility index (Phi) is 4.70. The Hall–Kier alpha value is -0.720. The number of aromatic nitrogens is 2. The zero-order chi connectivity index (χ0) is 12.1. The topological polar surface area (TPSA) is 50.3 Å². The molecule has 6 heteroatoms. The van der Waals surface area contributed by atoms with E-state index in [0.717, 1.165) is 50.2 Å². The van der Waals surface area contributed by atoms with Gasteiger partial charge in [0.15, 0.2) is 0 Å². The van der Waals surface area contributed by atoms with E-state index in [1.165, 1.54) is 11.5 Å². The van der Waals surface area contributed by atoms with Crippen LogP contribution >= 0.6 is 11.5 Å². The maximum Gasteiger partial charge on any atom is 0.205 e. The van der Waals surface area contributed by atoms with Gasteiger partial charge in [-0.15, -0.1) is 0 Å². The molecule has 0 saturated carbocycles. The van der Waals surface area contributed by atoms with E-state index in [2.05, 4.69) is 33.4 Å². The summed E-state index contributed by atoms with van der Waals surface area (Å²) in [7, 11) is 0. The lowest BCUT2D eigenvalue weighted by atomic mass is 10.2. The quantitative estimate of drug-likeness (QED) is 0.849. The molecule has 1 fully saturated rings. The Morgan fingerprint density at radius 1 is 1.53 bits per heavy atom. The molecule has 1 saturated heterocycles. The molecule has 1 aromatic heterocycles. The molecule has 1 aliphatic heterocycles. The molecule has 1 N–H and O–H groups in total. The maximum atomic E-state index is 5.54. The Bertz CT molecular complexity index is 344. The normalized spacial score (nSPS) is 20.8. The summed E-state index contributed by atoms with van der Waals surface area (Å²) in [6.45, 7) is 8.60. The molecule has 1 unspecified atom stereocenters. The van der Waals surface area contributed by atoms with Crippen LogP contribution in [0, 0.1) is 0 Å². The van der Waals surface area contributed by atoms with Crippen molar-refractivity contribution in [3.63, 3.8) is 0 Å². The third kappa shape index (κ3) is 3.14. The second-order valence-electron chi connectivity index (χ2n) is 4.08. The van der Waals surface area contributed by atoms with E-state index in [9.17, 15) is 0 Å². The molecular formula is C11H20N4OS. The first-order valence-electron chi connectivity index (χ1n) is 6.22. The number of rotatable bonds is 5. The first-order chi connectivity index (χ1) is 8.35. The second-order valence-corrected chi connectivity index (χ2v) is 4.81. The standard InChI is InChI=1S/C11H20N4OS/c1-3-10-13-11(17-14-10)15-5-6-16-8-9(15)7-12-4-2/h9,12H,3-8H2,1-2H3. The first-order valence-corrected chi connectivity index (χ1v) is 7.00. The van der Waals surface area contributed by atoms with E-state index in [-0.39, 0.29) is 0 Å². The molecule has 1 aliphatic rings. The molecule has 17 heavy (non-hydrogen) atoms. The fourth-order valence-corrected chi connectivity index (χ4v) is 2.74. The van der Waals surface area contributed by atoms with Crippen LogP contribution in [0.1, 0.15) is 19.7 Å². The van der Waals surface area contributed by atoms with Gasteiger partial charge in [-0.1, -0.05) is 13.8 Å². The van der Waals surface area contributed by atoms with Crippen molar-refractivity contribution in [2.75, 3.05) is 37.7 Å². The molecule has 0 aromatic carbocycles. The molecule has 2 rings (SSSR count). The Labute approximate surface area is 106 Å². The summed E-state index contributed by atoms with van der Waals surface area (Å²) in [5, 5.41) is 4.41. The minimum atomic E-state index is 0.376. The summed E-state index contributed by atoms with van der Waals surface area (Å²) in [6.07, 6.45) is 0.902. The number of ether oxygens (including phenoxy) is 1. The summed E-state index contributed by atoms with van der Waals surface area (Å²) in [6, 6.07) is 0.376. The van der Waals surface area contributed by atoms with Crippen molar-refractivity contribution in [3.8, 4) is 0 Å². The fourth-order valence-electron chi connectivity index (χ4n) is 1.89. The summed E-state index contributed by atoms with van der Waals surface area (Å²) < 4.78 is 9.89. The molecule has 96 valence electrons. The lowest BCUT2D eigenvalue weighted by Crippen LogP contribution is -2.50. The van der Waals surface area contributed by atoms with Crippen LogP contribution in [0.25, 0.3) is 0 Å². The zero-order valence-electron chi connectivity index (χ0n) is 10.5. The summed E-state index contributed by atoms with van der Waals surface area (Å²) in [5.41, 5.74) is 0. The molecule has 5 nitrogen and oxygen atoms in total. The number of likely N-dealkylation sites (N-methyl/N-ethyl adjacent to an activating group) is 1. The highest BCUT2D eigenvalue weighted by molar-refractivity contribution is 7.09. The van der Waals surface area contributed by atoms with Gasteiger partial charge in [-0.05, 0) is 6.54 Å². The summed E-state index contributed by atoms with van der Waals surface area (Å²) in [4.78, 5) is 6.88. The van der Waals surface area contributed by atoms with Crippen LogP contribution in [0.15, 0.2) is 0 Å². The van der Waals surface area contributed by atoms with Gasteiger partial charge in [0.1, 0.15) is 5.82 Å². The van der Waals surface area contributed by atoms with Crippen LogP contribution in [0.2, 0.25) is 0 Å². The summed E-state index contributed by atoms with van der Waals surface area (Å²) >= 11 is 1.50. The van der Waals surface area contributed by atoms with Crippen LogP contribution in [0.3, 0.4) is 0 Å². The van der Waals surface area contributed by atoms with Gasteiger partial charge < -0.3 is 15.0 Å². The lowest BCUT2D eigenvalue weighted by Gasteiger charge is -2.35. The van der Waals surface area contributed by atoms with Crippen LogP contribution in [-0.4, -0.2) is 48.2 Å². The number of nitrogens with zero attached hydrogens (tertiary/aromatic N) is 3. The average molecular weight is 256 g/mol. The Morgan fingerprint density at radius 3 is 3.12 bits per heavy atom. The second kappa shape index (κ2) is 6.28. The van der Waals surface area contributed by atoms with Crippen molar-refractivity contribution in [1.29, 1.82) is 0 Å². The minimum Gasteiger partial charge on any atom is -0.377 e. The van der Waals surface area contributed by atoms with Crippen molar-refractivity contribution in [2.24, 2.45) is 0 Å². The van der Waals surface area contributed by atoms with E-state index >= 15 is 0 Å². The molecule has 0 bridgehead atoms. The molecular weight excluding hydrogens is 236 g/mol. The van der Waals surface area contributed by atoms with E-state index in [0.29, 0.717) is 6.04 Å². The molecule has 0 radical (unpaired) electrons. The third-order valence-corrected chi connectivity index (χ3v) is 3.67. The number of aryl methyl sites for hydroxylation is 1. The van der Waals surface area contributed by atoms with Crippen LogP contribution < -0.4 is 10.2 Å². The smallest absolute Gasteiger partial charge is 0.205 e. The highest BCUT2D eigenvalue weighted by atomic mass is 32.1. The largest absolute Gasteiger partial charge is 0.377 e. The number of hydrogen-bond donors (Lipinski definition) is 1. The number of anilines is 1. The van der Waals surface area contributed by atoms with E-state index < -0.39 is 0 Å². The SMILES string of the molecule is CCNCC1COCCN1c1nc(CC)ns1. The van der Waals surface area contributed by atoms with Gasteiger partial charge in [0.05, 0.1) is 19.3 Å². The molecule has 1 aromatic rings. The third-order valence-electron chi connectivity index (χ3n) is 2.88. The average Bonchev–Trinajstić information content (AvgIpc) is 2.85. The Balaban J connectivity index is 2.04. The molecule has 0 aliphatic carbocycles. The van der Waals surface area contributed by atoms with Gasteiger partial charge in [0.25, 0.3) is 0 Å². The molecule has 0 amide bonds. The van der Waals surface area contributed by atoms with Crippen LogP contribution in [0.5, 0.6) is 0 Å². The highest BCUT2D eigenvalue weighted by Gasteiger charge is 2.25. The van der Waals surface area contributed by atoms with Crippen LogP contribution in [0.4, 0.5) is 5.13 Å². The summed E-state index contributed by atoms with van der Waals surface area (Å²) in [5.74, 6) is 0.943. The van der Waals surface area contributed by atoms with E-state index in [4.69, 9.17) is 4.74 Å². The predicted octanol–water partition coefficient (Wildman–Crippen LogP) is 0.915. The van der Waals surface area contributed by atoms with Crippen molar-refractivity contribution >= 4 is 16.7 Å². The number of nitrogens with one attached hydrogen (secondary N) is 1. The van der Waals surface area contributed by atoms with Gasteiger partial charge in [-0.25, -0.2) is 4.98 Å². The van der Waals surface area contributed by atoms with Crippen LogP contribution in [-0.2, 0) is 11.2 Å². The van der Waals surface area contributed by atoms with Gasteiger partial charge in [0.2, 0.25) is 5.13 Å². The van der Waals surface area contributed by atoms with Crippen molar-refractivity contribution in [3.05, 3.63) is 5.82 Å². The number of morpholine rings is 1. The van der Waals surface area contributed by atoms with Gasteiger partial charge in [-0.3, -0.25) is 0 Å². The van der Waals surface area contributed by atoms with Gasteiger partial charge >= 0.3 is 0 Å². The van der Waals surface area contributed by atoms with Gasteiger partial charge in [0, 0.05) is 31.0 Å². The van der Waals surface area contributed by atoms with Crippen molar-refractivity contribution in [2.45, 2.75) is 26.3 Å².